The Hall–Kier alpha value is -1.89. The molecule has 1 fully saturated rings. The first kappa shape index (κ1) is 13.1. The number of fused-ring (bicyclic) bond motifs is 1. The molecule has 2 aliphatic heterocycles. The Kier molecular flexibility index (Phi) is 3.21. The Balaban J connectivity index is 1.67. The summed E-state index contributed by atoms with van der Waals surface area (Å²) in [5.74, 6) is -2.15. The third-order valence-corrected chi connectivity index (χ3v) is 3.24. The lowest BCUT2D eigenvalue weighted by Crippen LogP contribution is -2.35. The van der Waals surface area contributed by atoms with E-state index in [4.69, 9.17) is 9.47 Å². The summed E-state index contributed by atoms with van der Waals surface area (Å²) in [6.45, 7) is 0.465. The largest absolute Gasteiger partial charge is 0.486 e. The number of alkyl halides is 2. The highest BCUT2D eigenvalue weighted by molar-refractivity contribution is 5.95. The van der Waals surface area contributed by atoms with E-state index in [0.29, 0.717) is 30.4 Å². The highest BCUT2D eigenvalue weighted by atomic mass is 19.3. The lowest BCUT2D eigenvalue weighted by molar-refractivity contribution is -0.118. The van der Waals surface area contributed by atoms with Gasteiger partial charge in [0.25, 0.3) is 5.92 Å². The zero-order chi connectivity index (χ0) is 14.2. The molecular formula is C13H14F2N2O3. The predicted octanol–water partition coefficient (Wildman–Crippen LogP) is 1.39. The molecule has 2 N–H and O–H groups in total. The molecular weight excluding hydrogens is 270 g/mol. The van der Waals surface area contributed by atoms with Crippen LogP contribution < -0.4 is 20.1 Å². The van der Waals surface area contributed by atoms with Crippen LogP contribution in [0.3, 0.4) is 0 Å². The van der Waals surface area contributed by atoms with Gasteiger partial charge in [-0.15, -0.1) is 0 Å². The number of anilines is 1. The first-order chi connectivity index (χ1) is 9.53. The third kappa shape index (κ3) is 2.67. The van der Waals surface area contributed by atoms with Crippen LogP contribution >= 0.6 is 0 Å². The summed E-state index contributed by atoms with van der Waals surface area (Å²) >= 11 is 0. The standard InChI is InChI=1S/C13H14F2N2O3/c14-13(15)6-9(16-7-13)12(18)17-8-1-2-10-11(5-8)20-4-3-19-10/h1-2,5,9,16H,3-4,6-7H2,(H,17,18). The van der Waals surface area contributed by atoms with Gasteiger partial charge in [0, 0.05) is 18.2 Å². The minimum absolute atomic E-state index is 0.445. The van der Waals surface area contributed by atoms with Gasteiger partial charge >= 0.3 is 0 Å². The van der Waals surface area contributed by atoms with Crippen molar-refractivity contribution in [3.05, 3.63) is 18.2 Å². The topological polar surface area (TPSA) is 59.6 Å². The molecule has 2 heterocycles. The van der Waals surface area contributed by atoms with Gasteiger partial charge in [0.05, 0.1) is 12.6 Å². The molecule has 2 aliphatic rings. The summed E-state index contributed by atoms with van der Waals surface area (Å²) in [6, 6.07) is 4.08. The van der Waals surface area contributed by atoms with Crippen molar-refractivity contribution in [3.63, 3.8) is 0 Å². The monoisotopic (exact) mass is 284 g/mol. The summed E-state index contributed by atoms with van der Waals surface area (Å²) in [6.07, 6.45) is -0.483. The number of nitrogens with one attached hydrogen (secondary N) is 2. The van der Waals surface area contributed by atoms with E-state index in [1.165, 1.54) is 0 Å². The fourth-order valence-corrected chi connectivity index (χ4v) is 2.25. The normalized spacial score (nSPS) is 23.4. The fraction of sp³-hybridized carbons (Fsp3) is 0.462. The van der Waals surface area contributed by atoms with E-state index in [0.717, 1.165) is 0 Å². The zero-order valence-electron chi connectivity index (χ0n) is 10.6. The molecule has 0 saturated carbocycles. The van der Waals surface area contributed by atoms with Crippen LogP contribution in [-0.2, 0) is 4.79 Å². The summed E-state index contributed by atoms with van der Waals surface area (Å²) in [7, 11) is 0. The molecule has 3 rings (SSSR count). The number of hydrogen-bond acceptors (Lipinski definition) is 4. The predicted molar refractivity (Wildman–Crippen MR) is 67.4 cm³/mol. The first-order valence-corrected chi connectivity index (χ1v) is 6.35. The van der Waals surface area contributed by atoms with Crippen molar-refractivity contribution in [2.24, 2.45) is 0 Å². The SMILES string of the molecule is O=C(Nc1ccc2c(c1)OCCO2)C1CC(F)(F)CN1. The summed E-state index contributed by atoms with van der Waals surface area (Å²) in [5, 5.41) is 5.11. The smallest absolute Gasteiger partial charge is 0.262 e. The van der Waals surface area contributed by atoms with E-state index >= 15 is 0 Å². The van der Waals surface area contributed by atoms with Crippen molar-refractivity contribution in [2.45, 2.75) is 18.4 Å². The average molecular weight is 284 g/mol. The Labute approximate surface area is 114 Å². The van der Waals surface area contributed by atoms with Crippen molar-refractivity contribution >= 4 is 11.6 Å². The van der Waals surface area contributed by atoms with Crippen LogP contribution in [0.2, 0.25) is 0 Å². The number of carbonyl (C=O) groups is 1. The molecule has 108 valence electrons. The maximum absolute atomic E-state index is 13.0. The lowest BCUT2D eigenvalue weighted by atomic mass is 10.1. The van der Waals surface area contributed by atoms with Gasteiger partial charge in [-0.1, -0.05) is 0 Å². The van der Waals surface area contributed by atoms with Crippen molar-refractivity contribution in [1.29, 1.82) is 0 Å². The fourth-order valence-electron chi connectivity index (χ4n) is 2.25. The summed E-state index contributed by atoms with van der Waals surface area (Å²) in [4.78, 5) is 11.9. The minimum atomic E-state index is -2.82. The average Bonchev–Trinajstić information content (AvgIpc) is 2.79. The number of ether oxygens (including phenoxy) is 2. The summed E-state index contributed by atoms with van der Waals surface area (Å²) < 4.78 is 36.8. The third-order valence-electron chi connectivity index (χ3n) is 3.24. The van der Waals surface area contributed by atoms with Crippen molar-refractivity contribution in [2.75, 3.05) is 25.1 Å². The van der Waals surface area contributed by atoms with Gasteiger partial charge in [0.15, 0.2) is 11.5 Å². The van der Waals surface area contributed by atoms with Crippen LogP contribution in [0.15, 0.2) is 18.2 Å². The van der Waals surface area contributed by atoms with Gasteiger partial charge in [0.2, 0.25) is 5.91 Å². The van der Waals surface area contributed by atoms with Gasteiger partial charge in [-0.25, -0.2) is 8.78 Å². The van der Waals surface area contributed by atoms with Gasteiger partial charge in [0.1, 0.15) is 13.2 Å². The van der Waals surface area contributed by atoms with Crippen molar-refractivity contribution < 1.29 is 23.0 Å². The Morgan fingerprint density at radius 1 is 1.30 bits per heavy atom. The first-order valence-electron chi connectivity index (χ1n) is 6.35. The number of amides is 1. The highest BCUT2D eigenvalue weighted by Crippen LogP contribution is 2.33. The molecule has 0 bridgehead atoms. The van der Waals surface area contributed by atoms with Gasteiger partial charge in [-0.3, -0.25) is 10.1 Å². The maximum Gasteiger partial charge on any atom is 0.262 e. The van der Waals surface area contributed by atoms with Crippen LogP contribution in [0.4, 0.5) is 14.5 Å². The molecule has 1 unspecified atom stereocenters. The lowest BCUT2D eigenvalue weighted by Gasteiger charge is -2.19. The molecule has 1 amide bonds. The van der Waals surface area contributed by atoms with Crippen LogP contribution in [0, 0.1) is 0 Å². The Morgan fingerprint density at radius 3 is 2.75 bits per heavy atom. The maximum atomic E-state index is 13.0. The minimum Gasteiger partial charge on any atom is -0.486 e. The molecule has 1 aromatic rings. The van der Waals surface area contributed by atoms with Gasteiger partial charge in [-0.2, -0.15) is 0 Å². The molecule has 7 heteroatoms. The van der Waals surface area contributed by atoms with E-state index in [9.17, 15) is 13.6 Å². The number of carbonyl (C=O) groups excluding carboxylic acids is 1. The quantitative estimate of drug-likeness (QED) is 0.861. The van der Waals surface area contributed by atoms with Crippen LogP contribution in [0.5, 0.6) is 11.5 Å². The molecule has 0 aromatic heterocycles. The Bertz CT molecular complexity index is 536. The van der Waals surface area contributed by atoms with E-state index in [1.54, 1.807) is 18.2 Å². The molecule has 5 nitrogen and oxygen atoms in total. The molecule has 0 spiro atoms. The second-order valence-corrected chi connectivity index (χ2v) is 4.84. The van der Waals surface area contributed by atoms with Crippen molar-refractivity contribution in [3.8, 4) is 11.5 Å². The number of benzene rings is 1. The molecule has 1 saturated heterocycles. The number of halogens is 2. The molecule has 1 atom stereocenters. The van der Waals surface area contributed by atoms with Gasteiger partial charge in [-0.05, 0) is 12.1 Å². The van der Waals surface area contributed by atoms with Crippen molar-refractivity contribution in [1.82, 2.24) is 5.32 Å². The van der Waals surface area contributed by atoms with Crippen LogP contribution in [0.25, 0.3) is 0 Å². The highest BCUT2D eigenvalue weighted by Gasteiger charge is 2.42. The van der Waals surface area contributed by atoms with E-state index in [-0.39, 0.29) is 0 Å². The number of hydrogen-bond donors (Lipinski definition) is 2. The Morgan fingerprint density at radius 2 is 2.05 bits per heavy atom. The van der Waals surface area contributed by atoms with Crippen LogP contribution in [-0.4, -0.2) is 37.6 Å². The van der Waals surface area contributed by atoms with E-state index in [1.807, 2.05) is 0 Å². The van der Waals surface area contributed by atoms with Crippen LogP contribution in [0.1, 0.15) is 6.42 Å². The van der Waals surface area contributed by atoms with E-state index < -0.39 is 30.8 Å². The number of rotatable bonds is 2. The van der Waals surface area contributed by atoms with Gasteiger partial charge < -0.3 is 14.8 Å². The zero-order valence-corrected chi connectivity index (χ0v) is 10.6. The molecule has 0 radical (unpaired) electrons. The van der Waals surface area contributed by atoms with E-state index in [2.05, 4.69) is 10.6 Å². The molecule has 1 aromatic carbocycles. The second kappa shape index (κ2) is 4.90. The molecule has 20 heavy (non-hydrogen) atoms. The second-order valence-electron chi connectivity index (χ2n) is 4.84. The summed E-state index contributed by atoms with van der Waals surface area (Å²) in [5.41, 5.74) is 0.497. The molecule has 0 aliphatic carbocycles.